The van der Waals surface area contributed by atoms with Crippen LogP contribution in [-0.2, 0) is 9.59 Å². The average molecular weight is 332 g/mol. The zero-order valence-corrected chi connectivity index (χ0v) is 13.8. The van der Waals surface area contributed by atoms with E-state index in [1.807, 2.05) is 0 Å². The third kappa shape index (κ3) is 3.65. The number of hydrogen-bond acceptors (Lipinski definition) is 3. The molecule has 0 aromatic heterocycles. The van der Waals surface area contributed by atoms with E-state index in [1.165, 1.54) is 4.90 Å². The first kappa shape index (κ1) is 18.1. The molecule has 2 unspecified atom stereocenters. The van der Waals surface area contributed by atoms with Crippen LogP contribution in [-0.4, -0.2) is 53.5 Å². The molecule has 0 radical (unpaired) electrons. The van der Waals surface area contributed by atoms with E-state index in [4.69, 9.17) is 0 Å². The number of aliphatic hydroxyl groups is 1. The summed E-state index contributed by atoms with van der Waals surface area (Å²) in [5, 5.41) is 12.4. The van der Waals surface area contributed by atoms with E-state index in [2.05, 4.69) is 5.32 Å². The van der Waals surface area contributed by atoms with Crippen LogP contribution in [0.15, 0.2) is 0 Å². The Bertz CT molecular complexity index is 462. The molecule has 2 amide bonds. The molecule has 2 fully saturated rings. The predicted octanol–water partition coefficient (Wildman–Crippen LogP) is 1.69. The van der Waals surface area contributed by atoms with Crippen LogP contribution in [0.2, 0.25) is 0 Å². The number of carbonyl (C=O) groups is 2. The molecular weight excluding hydrogens is 306 g/mol. The summed E-state index contributed by atoms with van der Waals surface area (Å²) in [4.78, 5) is 25.5. The topological polar surface area (TPSA) is 69.6 Å². The van der Waals surface area contributed by atoms with Gasteiger partial charge in [0, 0.05) is 26.1 Å². The van der Waals surface area contributed by atoms with Crippen molar-refractivity contribution in [2.24, 2.45) is 5.92 Å². The molecule has 2 atom stereocenters. The normalized spacial score (nSPS) is 27.5. The van der Waals surface area contributed by atoms with Crippen molar-refractivity contribution in [2.45, 2.75) is 68.9 Å². The van der Waals surface area contributed by atoms with Gasteiger partial charge >= 0.3 is 5.92 Å². The number of nitrogens with zero attached hydrogens (tertiary/aromatic N) is 1. The molecule has 132 valence electrons. The number of halogens is 2. The van der Waals surface area contributed by atoms with Gasteiger partial charge in [0.15, 0.2) is 0 Å². The van der Waals surface area contributed by atoms with Crippen molar-refractivity contribution in [3.05, 3.63) is 0 Å². The van der Waals surface area contributed by atoms with E-state index < -0.39 is 23.5 Å². The largest absolute Gasteiger partial charge is 0.383 e. The maximum atomic E-state index is 14.3. The summed E-state index contributed by atoms with van der Waals surface area (Å²) in [6.07, 6.45) is 3.27. The fraction of sp³-hybridized carbons (Fsp3) is 0.875. The van der Waals surface area contributed by atoms with E-state index in [0.29, 0.717) is 38.5 Å². The quantitative estimate of drug-likeness (QED) is 0.823. The van der Waals surface area contributed by atoms with Gasteiger partial charge in [0.25, 0.3) is 5.91 Å². The fourth-order valence-corrected chi connectivity index (χ4v) is 3.67. The minimum atomic E-state index is -3.79. The van der Waals surface area contributed by atoms with Gasteiger partial charge in [-0.3, -0.25) is 9.59 Å². The van der Waals surface area contributed by atoms with Gasteiger partial charge in [-0.15, -0.1) is 0 Å². The van der Waals surface area contributed by atoms with Crippen molar-refractivity contribution in [1.82, 2.24) is 10.2 Å². The van der Waals surface area contributed by atoms with E-state index in [-0.39, 0.29) is 24.7 Å². The lowest BCUT2D eigenvalue weighted by atomic mass is 9.84. The van der Waals surface area contributed by atoms with Crippen molar-refractivity contribution < 1.29 is 23.5 Å². The van der Waals surface area contributed by atoms with Crippen molar-refractivity contribution in [3.63, 3.8) is 0 Å². The van der Waals surface area contributed by atoms with Crippen LogP contribution >= 0.6 is 0 Å². The molecule has 0 heterocycles. The van der Waals surface area contributed by atoms with Crippen molar-refractivity contribution >= 4 is 11.8 Å². The maximum Gasteiger partial charge on any atom is 0.352 e. The minimum absolute atomic E-state index is 0.0369. The van der Waals surface area contributed by atoms with E-state index in [1.54, 1.807) is 14.1 Å². The molecular formula is C16H26F2N2O3. The molecule has 2 N–H and O–H groups in total. The third-order valence-electron chi connectivity index (χ3n) is 5.10. The predicted molar refractivity (Wildman–Crippen MR) is 80.9 cm³/mol. The van der Waals surface area contributed by atoms with Crippen LogP contribution in [0.1, 0.15) is 51.4 Å². The standard InChI is InChI=1S/C16H26F2N2O3/c1-20(2)13(21)11-6-5-7-12(10-11)19-14(22)16(17,18)15(23)8-3-4-9-15/h11-12,23H,3-10H2,1-2H3,(H,19,22). The number of hydrogen-bond donors (Lipinski definition) is 2. The lowest BCUT2D eigenvalue weighted by molar-refractivity contribution is -0.191. The first-order valence-electron chi connectivity index (χ1n) is 8.30. The summed E-state index contributed by atoms with van der Waals surface area (Å²) in [7, 11) is 3.32. The van der Waals surface area contributed by atoms with Crippen LogP contribution in [0, 0.1) is 5.92 Å². The first-order chi connectivity index (χ1) is 10.7. The molecule has 0 saturated heterocycles. The summed E-state index contributed by atoms with van der Waals surface area (Å²) in [5.74, 6) is -5.48. The second kappa shape index (κ2) is 6.71. The van der Waals surface area contributed by atoms with Gasteiger partial charge in [0.2, 0.25) is 5.91 Å². The van der Waals surface area contributed by atoms with Gasteiger partial charge in [-0.2, -0.15) is 8.78 Å². The lowest BCUT2D eigenvalue weighted by Gasteiger charge is -2.34. The molecule has 0 aromatic carbocycles. The van der Waals surface area contributed by atoms with Gasteiger partial charge < -0.3 is 15.3 Å². The molecule has 0 bridgehead atoms. The Kier molecular flexibility index (Phi) is 5.28. The van der Waals surface area contributed by atoms with Crippen molar-refractivity contribution in [1.29, 1.82) is 0 Å². The summed E-state index contributed by atoms with van der Waals surface area (Å²) >= 11 is 0. The number of carbonyl (C=O) groups excluding carboxylic acids is 2. The molecule has 2 rings (SSSR count). The van der Waals surface area contributed by atoms with Crippen molar-refractivity contribution in [3.8, 4) is 0 Å². The average Bonchev–Trinajstić information content (AvgIpc) is 2.95. The van der Waals surface area contributed by atoms with E-state index in [0.717, 1.165) is 0 Å². The highest BCUT2D eigenvalue weighted by atomic mass is 19.3. The molecule has 7 heteroatoms. The van der Waals surface area contributed by atoms with Crippen LogP contribution < -0.4 is 5.32 Å². The van der Waals surface area contributed by atoms with Gasteiger partial charge in [-0.05, 0) is 32.1 Å². The molecule has 2 saturated carbocycles. The molecule has 0 spiro atoms. The molecule has 0 aromatic rings. The summed E-state index contributed by atoms with van der Waals surface area (Å²) in [6, 6.07) is -0.443. The van der Waals surface area contributed by atoms with Crippen LogP contribution in [0.4, 0.5) is 8.78 Å². The fourth-order valence-electron chi connectivity index (χ4n) is 3.67. The summed E-state index contributed by atoms with van der Waals surface area (Å²) in [5.41, 5.74) is -2.23. The SMILES string of the molecule is CN(C)C(=O)C1CCCC(NC(=O)C(F)(F)C2(O)CCCC2)C1. The van der Waals surface area contributed by atoms with E-state index >= 15 is 0 Å². The Labute approximate surface area is 135 Å². The Balaban J connectivity index is 1.98. The summed E-state index contributed by atoms with van der Waals surface area (Å²) < 4.78 is 28.6. The number of alkyl halides is 2. The second-order valence-electron chi connectivity index (χ2n) is 7.08. The smallest absolute Gasteiger partial charge is 0.352 e. The van der Waals surface area contributed by atoms with E-state index in [9.17, 15) is 23.5 Å². The highest BCUT2D eigenvalue weighted by Crippen LogP contribution is 2.42. The number of amides is 2. The number of rotatable bonds is 4. The zero-order valence-electron chi connectivity index (χ0n) is 13.8. The second-order valence-corrected chi connectivity index (χ2v) is 7.08. The van der Waals surface area contributed by atoms with Gasteiger partial charge in [0.1, 0.15) is 5.60 Å². The monoisotopic (exact) mass is 332 g/mol. The Morgan fingerprint density at radius 1 is 1.17 bits per heavy atom. The Morgan fingerprint density at radius 3 is 2.35 bits per heavy atom. The highest BCUT2D eigenvalue weighted by Gasteiger charge is 2.59. The van der Waals surface area contributed by atoms with Gasteiger partial charge in [-0.25, -0.2) is 0 Å². The van der Waals surface area contributed by atoms with Crippen molar-refractivity contribution in [2.75, 3.05) is 14.1 Å². The van der Waals surface area contributed by atoms with Gasteiger partial charge in [0.05, 0.1) is 0 Å². The maximum absolute atomic E-state index is 14.3. The molecule has 0 aliphatic heterocycles. The van der Waals surface area contributed by atoms with Gasteiger partial charge in [-0.1, -0.05) is 19.3 Å². The molecule has 2 aliphatic carbocycles. The number of nitrogens with one attached hydrogen (secondary N) is 1. The minimum Gasteiger partial charge on any atom is -0.383 e. The third-order valence-corrected chi connectivity index (χ3v) is 5.10. The van der Waals surface area contributed by atoms with Crippen LogP contribution in [0.25, 0.3) is 0 Å². The first-order valence-corrected chi connectivity index (χ1v) is 8.30. The molecule has 2 aliphatic rings. The van der Waals surface area contributed by atoms with Crippen LogP contribution in [0.3, 0.4) is 0 Å². The zero-order chi connectivity index (χ0) is 17.3. The molecule has 5 nitrogen and oxygen atoms in total. The Morgan fingerprint density at radius 2 is 1.78 bits per heavy atom. The van der Waals surface area contributed by atoms with Crippen LogP contribution in [0.5, 0.6) is 0 Å². The Hall–Kier alpha value is -1.24. The highest BCUT2D eigenvalue weighted by molar-refractivity contribution is 5.85. The lowest BCUT2D eigenvalue weighted by Crippen LogP contribution is -2.58. The summed E-state index contributed by atoms with van der Waals surface area (Å²) in [6.45, 7) is 0. The molecule has 23 heavy (non-hydrogen) atoms.